The van der Waals surface area contributed by atoms with Gasteiger partial charge in [0.05, 0.1) is 12.2 Å². The summed E-state index contributed by atoms with van der Waals surface area (Å²) in [7, 11) is 1.40. The number of carboxylic acid groups (broad SMARTS) is 1. The number of nitrogens with zero attached hydrogens (tertiary/aromatic N) is 1. The van der Waals surface area contributed by atoms with Crippen molar-refractivity contribution in [2.45, 2.75) is 39.8 Å². The topological polar surface area (TPSA) is 80.6 Å². The molecule has 0 fully saturated rings. The molecule has 20 heavy (non-hydrogen) atoms. The summed E-state index contributed by atoms with van der Waals surface area (Å²) in [6, 6.07) is 0.969. The van der Waals surface area contributed by atoms with E-state index < -0.39 is 17.9 Å². The lowest BCUT2D eigenvalue weighted by molar-refractivity contribution is -0.140. The van der Waals surface area contributed by atoms with E-state index in [4.69, 9.17) is 9.84 Å². The van der Waals surface area contributed by atoms with Crippen molar-refractivity contribution < 1.29 is 19.4 Å². The van der Waals surface area contributed by atoms with Gasteiger partial charge >= 0.3 is 5.97 Å². The molecule has 0 spiro atoms. The Morgan fingerprint density at radius 3 is 2.40 bits per heavy atom. The van der Waals surface area contributed by atoms with Gasteiger partial charge in [0.2, 0.25) is 0 Å². The summed E-state index contributed by atoms with van der Waals surface area (Å²) in [4.78, 5) is 23.2. The van der Waals surface area contributed by atoms with Gasteiger partial charge in [0.25, 0.3) is 5.91 Å². The van der Waals surface area contributed by atoms with E-state index in [1.165, 1.54) is 7.11 Å². The van der Waals surface area contributed by atoms with E-state index in [0.717, 1.165) is 11.4 Å². The number of hydrogen-bond acceptors (Lipinski definition) is 3. The smallest absolute Gasteiger partial charge is 0.328 e. The Morgan fingerprint density at radius 1 is 1.40 bits per heavy atom. The predicted octanol–water partition coefficient (Wildman–Crippen LogP) is 1.52. The van der Waals surface area contributed by atoms with Gasteiger partial charge in [0, 0.05) is 24.5 Å². The van der Waals surface area contributed by atoms with Crippen LogP contribution in [0.5, 0.6) is 0 Å². The van der Waals surface area contributed by atoms with Crippen molar-refractivity contribution in [2.75, 3.05) is 13.7 Å². The molecule has 1 amide bonds. The first-order chi connectivity index (χ1) is 9.29. The minimum atomic E-state index is -1.11. The fraction of sp³-hybridized carbons (Fsp3) is 0.571. The second-order valence-corrected chi connectivity index (χ2v) is 5.07. The zero-order chi connectivity index (χ0) is 15.4. The number of hydrogen-bond donors (Lipinski definition) is 2. The van der Waals surface area contributed by atoms with Crippen LogP contribution in [0, 0.1) is 13.8 Å². The molecule has 0 bridgehead atoms. The molecule has 0 radical (unpaired) electrons. The van der Waals surface area contributed by atoms with Crippen molar-refractivity contribution in [3.63, 3.8) is 0 Å². The Morgan fingerprint density at radius 2 is 2.00 bits per heavy atom. The molecule has 112 valence electrons. The van der Waals surface area contributed by atoms with Crippen LogP contribution in [0.25, 0.3) is 0 Å². The molecule has 0 saturated heterocycles. The molecule has 1 rings (SSSR count). The minimum absolute atomic E-state index is 0.0655. The van der Waals surface area contributed by atoms with Crippen LogP contribution in [-0.2, 0) is 9.53 Å². The Balaban J connectivity index is 2.98. The molecule has 0 aromatic carbocycles. The summed E-state index contributed by atoms with van der Waals surface area (Å²) in [5, 5.41) is 11.5. The van der Waals surface area contributed by atoms with Gasteiger partial charge in [-0.05, 0) is 33.8 Å². The Labute approximate surface area is 118 Å². The van der Waals surface area contributed by atoms with E-state index >= 15 is 0 Å². The molecular weight excluding hydrogens is 260 g/mol. The van der Waals surface area contributed by atoms with Crippen molar-refractivity contribution in [3.05, 3.63) is 23.0 Å². The summed E-state index contributed by atoms with van der Waals surface area (Å²) in [5.74, 6) is -1.51. The van der Waals surface area contributed by atoms with E-state index in [2.05, 4.69) is 5.32 Å². The van der Waals surface area contributed by atoms with Crippen molar-refractivity contribution in [2.24, 2.45) is 0 Å². The highest BCUT2D eigenvalue weighted by molar-refractivity contribution is 5.97. The number of aryl methyl sites for hydroxylation is 1. The maximum absolute atomic E-state index is 12.2. The zero-order valence-corrected chi connectivity index (χ0v) is 12.6. The lowest BCUT2D eigenvalue weighted by atomic mass is 10.2. The maximum atomic E-state index is 12.2. The highest BCUT2D eigenvalue weighted by atomic mass is 16.5. The molecule has 1 aromatic rings. The van der Waals surface area contributed by atoms with Gasteiger partial charge in [-0.2, -0.15) is 0 Å². The highest BCUT2D eigenvalue weighted by Crippen LogP contribution is 2.20. The van der Waals surface area contributed by atoms with Crippen LogP contribution < -0.4 is 5.32 Å². The van der Waals surface area contributed by atoms with E-state index in [-0.39, 0.29) is 12.6 Å². The molecule has 1 unspecified atom stereocenters. The van der Waals surface area contributed by atoms with Crippen LogP contribution in [0.3, 0.4) is 0 Å². The van der Waals surface area contributed by atoms with Crippen molar-refractivity contribution in [1.29, 1.82) is 0 Å². The van der Waals surface area contributed by atoms with Crippen molar-refractivity contribution in [3.8, 4) is 0 Å². The van der Waals surface area contributed by atoms with E-state index in [1.807, 2.05) is 32.3 Å². The summed E-state index contributed by atoms with van der Waals surface area (Å²) in [5.41, 5.74) is 2.30. The van der Waals surface area contributed by atoms with Gasteiger partial charge in [0.15, 0.2) is 6.04 Å². The quantitative estimate of drug-likeness (QED) is 0.829. The van der Waals surface area contributed by atoms with Crippen LogP contribution in [0.2, 0.25) is 0 Å². The summed E-state index contributed by atoms with van der Waals surface area (Å²) >= 11 is 0. The molecule has 1 heterocycles. The second kappa shape index (κ2) is 6.56. The third-order valence-electron chi connectivity index (χ3n) is 3.18. The predicted molar refractivity (Wildman–Crippen MR) is 75.1 cm³/mol. The van der Waals surface area contributed by atoms with Crippen LogP contribution in [0.4, 0.5) is 0 Å². The second-order valence-electron chi connectivity index (χ2n) is 5.07. The molecule has 6 nitrogen and oxygen atoms in total. The number of carbonyl (C=O) groups excluding carboxylic acids is 1. The lowest BCUT2D eigenvalue weighted by Crippen LogP contribution is -2.43. The van der Waals surface area contributed by atoms with E-state index in [9.17, 15) is 9.59 Å². The molecule has 0 saturated carbocycles. The molecule has 0 aliphatic heterocycles. The number of methoxy groups -OCH3 is 1. The maximum Gasteiger partial charge on any atom is 0.328 e. The van der Waals surface area contributed by atoms with Crippen molar-refractivity contribution in [1.82, 2.24) is 9.88 Å². The summed E-state index contributed by atoms with van der Waals surface area (Å²) < 4.78 is 6.84. The number of ether oxygens (including phenoxy) is 1. The largest absolute Gasteiger partial charge is 0.480 e. The fourth-order valence-electron chi connectivity index (χ4n) is 2.38. The molecule has 1 atom stereocenters. The number of amides is 1. The normalized spacial score (nSPS) is 12.5. The zero-order valence-electron chi connectivity index (χ0n) is 12.6. The molecule has 1 aromatic heterocycles. The van der Waals surface area contributed by atoms with Crippen LogP contribution in [0.1, 0.15) is 41.6 Å². The summed E-state index contributed by atoms with van der Waals surface area (Å²) in [6.07, 6.45) is 0. The third-order valence-corrected chi connectivity index (χ3v) is 3.18. The average Bonchev–Trinajstić information content (AvgIpc) is 2.63. The van der Waals surface area contributed by atoms with Crippen LogP contribution in [-0.4, -0.2) is 41.3 Å². The van der Waals surface area contributed by atoms with Gasteiger partial charge < -0.3 is 19.7 Å². The van der Waals surface area contributed by atoms with Crippen molar-refractivity contribution >= 4 is 11.9 Å². The third kappa shape index (κ3) is 3.39. The molecular formula is C14H22N2O4. The summed E-state index contributed by atoms with van der Waals surface area (Å²) in [6.45, 7) is 7.78. The SMILES string of the molecule is COCC(NC(=O)c1cc(C)n(C(C)C)c1C)C(=O)O. The molecule has 0 aliphatic carbocycles. The van der Waals surface area contributed by atoms with Gasteiger partial charge in [-0.1, -0.05) is 0 Å². The first-order valence-electron chi connectivity index (χ1n) is 6.50. The van der Waals surface area contributed by atoms with Gasteiger partial charge in [-0.25, -0.2) is 4.79 Å². The van der Waals surface area contributed by atoms with Gasteiger partial charge in [-0.3, -0.25) is 4.79 Å². The van der Waals surface area contributed by atoms with Gasteiger partial charge in [0.1, 0.15) is 0 Å². The number of rotatable bonds is 6. The number of nitrogens with one attached hydrogen (secondary N) is 1. The first kappa shape index (κ1) is 16.2. The van der Waals surface area contributed by atoms with Crippen LogP contribution in [0.15, 0.2) is 6.07 Å². The fourth-order valence-corrected chi connectivity index (χ4v) is 2.38. The average molecular weight is 282 g/mol. The number of aromatic nitrogens is 1. The molecule has 6 heteroatoms. The molecule has 2 N–H and O–H groups in total. The highest BCUT2D eigenvalue weighted by Gasteiger charge is 2.23. The van der Waals surface area contributed by atoms with E-state index in [0.29, 0.717) is 5.56 Å². The number of carboxylic acids is 1. The van der Waals surface area contributed by atoms with E-state index in [1.54, 1.807) is 6.07 Å². The monoisotopic (exact) mass is 282 g/mol. The number of carbonyl (C=O) groups is 2. The van der Waals surface area contributed by atoms with Crippen LogP contribution >= 0.6 is 0 Å². The Hall–Kier alpha value is -1.82. The first-order valence-corrected chi connectivity index (χ1v) is 6.50. The lowest BCUT2D eigenvalue weighted by Gasteiger charge is -2.15. The Bertz CT molecular complexity index is 506. The Kier molecular flexibility index (Phi) is 5.33. The number of aliphatic carboxylic acids is 1. The standard InChI is InChI=1S/C14H22N2O4/c1-8(2)16-9(3)6-11(10(16)4)13(17)15-12(7-20-5)14(18)19/h6,8,12H,7H2,1-5H3,(H,15,17)(H,18,19). The van der Waals surface area contributed by atoms with Gasteiger partial charge in [-0.15, -0.1) is 0 Å². The minimum Gasteiger partial charge on any atom is -0.480 e. The molecule has 0 aliphatic rings.